The third-order valence-electron chi connectivity index (χ3n) is 2.94. The average Bonchev–Trinajstić information content (AvgIpc) is 2.59. The number of ether oxygens (including phenoxy) is 2. The Morgan fingerprint density at radius 1 is 1.14 bits per heavy atom. The normalized spacial score (nSPS) is 12.5. The van der Waals surface area contributed by atoms with Gasteiger partial charge < -0.3 is 9.47 Å². The monoisotopic (exact) mass is 297 g/mol. The van der Waals surface area contributed by atoms with Crippen LogP contribution in [0.4, 0.5) is 5.69 Å². The van der Waals surface area contributed by atoms with E-state index in [2.05, 4.69) is 15.8 Å². The lowest BCUT2D eigenvalue weighted by atomic mass is 10.3. The van der Waals surface area contributed by atoms with E-state index in [1.54, 1.807) is 12.1 Å². The van der Waals surface area contributed by atoms with Gasteiger partial charge in [0.05, 0.1) is 0 Å². The molecule has 0 unspecified atom stereocenters. The van der Waals surface area contributed by atoms with Gasteiger partial charge in [0.15, 0.2) is 12.4 Å². The summed E-state index contributed by atoms with van der Waals surface area (Å²) in [5, 5.41) is 0. The van der Waals surface area contributed by atoms with E-state index in [0.717, 1.165) is 11.4 Å². The van der Waals surface area contributed by atoms with Crippen LogP contribution in [0.2, 0.25) is 0 Å². The number of nitrogens with zero attached hydrogens (tertiary/aromatic N) is 1. The van der Waals surface area contributed by atoms with Crippen LogP contribution in [0, 0.1) is 0 Å². The highest BCUT2D eigenvalue weighted by atomic mass is 16.5. The maximum Gasteiger partial charge on any atom is 0.276 e. The number of aliphatic imine (C=N–C) groups is 1. The summed E-state index contributed by atoms with van der Waals surface area (Å²) in [7, 11) is 0. The predicted molar refractivity (Wildman–Crippen MR) is 82.2 cm³/mol. The third-order valence-corrected chi connectivity index (χ3v) is 2.94. The zero-order valence-electron chi connectivity index (χ0n) is 11.8. The summed E-state index contributed by atoms with van der Waals surface area (Å²) >= 11 is 0. The summed E-state index contributed by atoms with van der Waals surface area (Å²) in [5.74, 6) is 1.61. The van der Waals surface area contributed by atoms with Crippen molar-refractivity contribution in [3.8, 4) is 11.5 Å². The number of hydrogen-bond acceptors (Lipinski definition) is 5. The standard InChI is InChI=1S/C16H15N3O3/c20-16(11-21-12-6-2-1-3-7-12)19-18-15-10-22-14-9-5-4-8-13(14)17-15/h1-9H,10-11H2,(H,17,18)(H,19,20). The van der Waals surface area contributed by atoms with E-state index in [4.69, 9.17) is 9.47 Å². The van der Waals surface area contributed by atoms with Gasteiger partial charge in [0.2, 0.25) is 0 Å². The molecule has 1 aliphatic rings. The van der Waals surface area contributed by atoms with E-state index >= 15 is 0 Å². The van der Waals surface area contributed by atoms with Crippen molar-refractivity contribution in [1.29, 1.82) is 0 Å². The Morgan fingerprint density at radius 2 is 1.91 bits per heavy atom. The van der Waals surface area contributed by atoms with Crippen molar-refractivity contribution in [2.45, 2.75) is 0 Å². The molecule has 6 heteroatoms. The second-order valence-corrected chi connectivity index (χ2v) is 4.59. The third kappa shape index (κ3) is 3.54. The Balaban J connectivity index is 1.49. The minimum atomic E-state index is -0.301. The highest BCUT2D eigenvalue weighted by Crippen LogP contribution is 2.29. The van der Waals surface area contributed by atoms with Gasteiger partial charge in [-0.1, -0.05) is 30.3 Å². The number of hydrazine groups is 1. The number of fused-ring (bicyclic) bond motifs is 1. The summed E-state index contributed by atoms with van der Waals surface area (Å²) in [4.78, 5) is 16.1. The molecule has 1 aliphatic heterocycles. The van der Waals surface area contributed by atoms with E-state index in [1.807, 2.05) is 42.5 Å². The van der Waals surface area contributed by atoms with E-state index in [0.29, 0.717) is 11.6 Å². The first-order valence-electron chi connectivity index (χ1n) is 6.83. The smallest absolute Gasteiger partial charge is 0.276 e. The number of hydrogen-bond donors (Lipinski definition) is 2. The fraction of sp³-hybridized carbons (Fsp3) is 0.125. The molecule has 2 N–H and O–H groups in total. The molecule has 0 aromatic heterocycles. The Bertz CT molecular complexity index is 686. The molecule has 0 atom stereocenters. The topological polar surface area (TPSA) is 72.0 Å². The number of amidine groups is 1. The molecule has 0 saturated carbocycles. The van der Waals surface area contributed by atoms with E-state index in [1.165, 1.54) is 0 Å². The second-order valence-electron chi connectivity index (χ2n) is 4.59. The molecule has 2 aromatic rings. The maximum absolute atomic E-state index is 11.7. The van der Waals surface area contributed by atoms with E-state index < -0.39 is 0 Å². The Labute approximate surface area is 127 Å². The molecule has 0 saturated heterocycles. The molecule has 0 fully saturated rings. The molecular formula is C16H15N3O3. The molecule has 1 heterocycles. The number of rotatable bonds is 3. The first kappa shape index (κ1) is 13.9. The van der Waals surface area contributed by atoms with Crippen LogP contribution >= 0.6 is 0 Å². The molecule has 22 heavy (non-hydrogen) atoms. The van der Waals surface area contributed by atoms with Gasteiger partial charge in [-0.3, -0.25) is 15.6 Å². The first-order chi connectivity index (χ1) is 10.8. The van der Waals surface area contributed by atoms with Gasteiger partial charge in [0, 0.05) is 0 Å². The van der Waals surface area contributed by atoms with Gasteiger partial charge in [-0.15, -0.1) is 0 Å². The Morgan fingerprint density at radius 3 is 2.77 bits per heavy atom. The summed E-state index contributed by atoms with van der Waals surface area (Å²) < 4.78 is 10.9. The minimum Gasteiger partial charge on any atom is -0.484 e. The van der Waals surface area contributed by atoms with Gasteiger partial charge in [-0.2, -0.15) is 0 Å². The molecule has 0 spiro atoms. The highest BCUT2D eigenvalue weighted by Gasteiger charge is 2.12. The van der Waals surface area contributed by atoms with Crippen LogP contribution in [0.1, 0.15) is 0 Å². The zero-order valence-corrected chi connectivity index (χ0v) is 11.8. The Kier molecular flexibility index (Phi) is 4.20. The number of benzene rings is 2. The first-order valence-corrected chi connectivity index (χ1v) is 6.83. The number of amides is 1. The zero-order chi connectivity index (χ0) is 15.2. The molecule has 3 rings (SSSR count). The molecule has 2 aromatic carbocycles. The number of carbonyl (C=O) groups is 1. The molecule has 1 amide bonds. The van der Waals surface area contributed by atoms with Crippen LogP contribution in [0.25, 0.3) is 0 Å². The van der Waals surface area contributed by atoms with Gasteiger partial charge in [0.25, 0.3) is 5.91 Å². The lowest BCUT2D eigenvalue weighted by Gasteiger charge is -2.18. The van der Waals surface area contributed by atoms with Crippen LogP contribution < -0.4 is 20.3 Å². The van der Waals surface area contributed by atoms with Gasteiger partial charge in [-0.05, 0) is 24.3 Å². The molecular weight excluding hydrogens is 282 g/mol. The lowest BCUT2D eigenvalue weighted by molar-refractivity contribution is -0.123. The van der Waals surface area contributed by atoms with Crippen molar-refractivity contribution in [1.82, 2.24) is 10.9 Å². The van der Waals surface area contributed by atoms with Gasteiger partial charge in [-0.25, -0.2) is 4.99 Å². The van der Waals surface area contributed by atoms with Gasteiger partial charge >= 0.3 is 0 Å². The minimum absolute atomic E-state index is 0.0816. The van der Waals surface area contributed by atoms with Crippen LogP contribution in [-0.2, 0) is 4.79 Å². The molecule has 0 bridgehead atoms. The fourth-order valence-corrected chi connectivity index (χ4v) is 1.90. The number of para-hydroxylation sites is 3. The molecule has 112 valence electrons. The van der Waals surface area contributed by atoms with Crippen molar-refractivity contribution in [3.63, 3.8) is 0 Å². The quantitative estimate of drug-likeness (QED) is 0.848. The number of carbonyl (C=O) groups excluding carboxylic acids is 1. The largest absolute Gasteiger partial charge is 0.484 e. The van der Waals surface area contributed by atoms with Gasteiger partial charge in [0.1, 0.15) is 23.8 Å². The summed E-state index contributed by atoms with van der Waals surface area (Å²) in [6.07, 6.45) is 0. The van der Waals surface area contributed by atoms with E-state index in [9.17, 15) is 4.79 Å². The maximum atomic E-state index is 11.7. The van der Waals surface area contributed by atoms with E-state index in [-0.39, 0.29) is 19.1 Å². The van der Waals surface area contributed by atoms with Crippen molar-refractivity contribution < 1.29 is 14.3 Å². The van der Waals surface area contributed by atoms with Crippen LogP contribution in [0.5, 0.6) is 11.5 Å². The summed E-state index contributed by atoms with van der Waals surface area (Å²) in [5.41, 5.74) is 6.00. The van der Waals surface area contributed by atoms with Crippen LogP contribution in [0.15, 0.2) is 59.6 Å². The highest BCUT2D eigenvalue weighted by molar-refractivity contribution is 5.90. The van der Waals surface area contributed by atoms with Crippen molar-refractivity contribution in [2.24, 2.45) is 4.99 Å². The summed E-state index contributed by atoms with van der Waals surface area (Å²) in [6.45, 7) is 0.193. The van der Waals surface area contributed by atoms with Crippen LogP contribution in [0.3, 0.4) is 0 Å². The van der Waals surface area contributed by atoms with Crippen molar-refractivity contribution in [2.75, 3.05) is 13.2 Å². The molecule has 6 nitrogen and oxygen atoms in total. The lowest BCUT2D eigenvalue weighted by Crippen LogP contribution is -2.46. The SMILES string of the molecule is O=C(COc1ccccc1)NNC1=Nc2ccccc2OC1. The molecule has 0 radical (unpaired) electrons. The number of nitrogens with one attached hydrogen (secondary N) is 2. The van der Waals surface area contributed by atoms with Crippen molar-refractivity contribution in [3.05, 3.63) is 54.6 Å². The fourth-order valence-electron chi connectivity index (χ4n) is 1.90. The van der Waals surface area contributed by atoms with Crippen LogP contribution in [-0.4, -0.2) is 25.0 Å². The Hall–Kier alpha value is -3.02. The second kappa shape index (κ2) is 6.62. The molecule has 0 aliphatic carbocycles. The average molecular weight is 297 g/mol. The summed E-state index contributed by atoms with van der Waals surface area (Å²) in [6, 6.07) is 16.6. The predicted octanol–water partition coefficient (Wildman–Crippen LogP) is 1.81. The van der Waals surface area contributed by atoms with Crippen molar-refractivity contribution >= 4 is 17.4 Å².